The Morgan fingerprint density at radius 3 is 2.70 bits per heavy atom. The molecule has 1 N–H and O–H groups in total. The lowest BCUT2D eigenvalue weighted by molar-refractivity contribution is -0.122. The molecule has 20 heavy (non-hydrogen) atoms. The predicted octanol–water partition coefficient (Wildman–Crippen LogP) is 0.568. The lowest BCUT2D eigenvalue weighted by Crippen LogP contribution is -2.32. The molecule has 0 saturated carbocycles. The maximum atomic E-state index is 11.7. The standard InChI is InChI=1S/C14H15N3O3/c1-20-12-6-4-11(5-7-12)9-15-13(18)10-17-14(19)3-2-8-16-17/h2-8H,9-10H2,1H3,(H,15,18). The van der Waals surface area contributed by atoms with Crippen molar-refractivity contribution in [2.24, 2.45) is 0 Å². The Bertz CT molecular complexity index is 635. The molecule has 0 unspecified atom stereocenters. The number of hydrogen-bond acceptors (Lipinski definition) is 4. The van der Waals surface area contributed by atoms with E-state index >= 15 is 0 Å². The Balaban J connectivity index is 1.89. The smallest absolute Gasteiger partial charge is 0.267 e. The molecule has 0 spiro atoms. The van der Waals surface area contributed by atoms with Crippen molar-refractivity contribution in [3.63, 3.8) is 0 Å². The van der Waals surface area contributed by atoms with Gasteiger partial charge in [-0.3, -0.25) is 9.59 Å². The fourth-order valence-electron chi connectivity index (χ4n) is 1.64. The number of nitrogens with one attached hydrogen (secondary N) is 1. The summed E-state index contributed by atoms with van der Waals surface area (Å²) in [4.78, 5) is 23.1. The van der Waals surface area contributed by atoms with Gasteiger partial charge in [-0.15, -0.1) is 0 Å². The van der Waals surface area contributed by atoms with E-state index in [1.54, 1.807) is 7.11 Å². The zero-order chi connectivity index (χ0) is 14.4. The van der Waals surface area contributed by atoms with E-state index in [1.807, 2.05) is 24.3 Å². The average Bonchev–Trinajstić information content (AvgIpc) is 2.48. The van der Waals surface area contributed by atoms with Crippen LogP contribution in [-0.2, 0) is 17.9 Å². The highest BCUT2D eigenvalue weighted by Crippen LogP contribution is 2.10. The molecule has 0 fully saturated rings. The van der Waals surface area contributed by atoms with Crippen LogP contribution < -0.4 is 15.6 Å². The summed E-state index contributed by atoms with van der Waals surface area (Å²) >= 11 is 0. The highest BCUT2D eigenvalue weighted by molar-refractivity contribution is 5.75. The molecule has 2 rings (SSSR count). The molecule has 0 saturated heterocycles. The van der Waals surface area contributed by atoms with Crippen LogP contribution in [0.5, 0.6) is 5.75 Å². The average molecular weight is 273 g/mol. The van der Waals surface area contributed by atoms with E-state index in [0.717, 1.165) is 16.0 Å². The number of rotatable bonds is 5. The van der Waals surface area contributed by atoms with Crippen LogP contribution >= 0.6 is 0 Å². The van der Waals surface area contributed by atoms with E-state index < -0.39 is 0 Å². The van der Waals surface area contributed by atoms with Gasteiger partial charge in [0.15, 0.2) is 0 Å². The maximum absolute atomic E-state index is 11.7. The van der Waals surface area contributed by atoms with Crippen LogP contribution in [0.3, 0.4) is 0 Å². The van der Waals surface area contributed by atoms with Crippen molar-refractivity contribution in [2.75, 3.05) is 7.11 Å². The van der Waals surface area contributed by atoms with Crippen molar-refractivity contribution in [1.29, 1.82) is 0 Å². The lowest BCUT2D eigenvalue weighted by atomic mass is 10.2. The SMILES string of the molecule is COc1ccc(CNC(=O)Cn2ncccc2=O)cc1. The monoisotopic (exact) mass is 273 g/mol. The zero-order valence-corrected chi connectivity index (χ0v) is 11.1. The van der Waals surface area contributed by atoms with Crippen LogP contribution in [0.4, 0.5) is 0 Å². The zero-order valence-electron chi connectivity index (χ0n) is 11.1. The molecule has 0 radical (unpaired) electrons. The first-order valence-electron chi connectivity index (χ1n) is 6.11. The van der Waals surface area contributed by atoms with Crippen molar-refractivity contribution in [2.45, 2.75) is 13.1 Å². The summed E-state index contributed by atoms with van der Waals surface area (Å²) in [6.45, 7) is 0.306. The first kappa shape index (κ1) is 13.8. The van der Waals surface area contributed by atoms with Gasteiger partial charge in [0.2, 0.25) is 5.91 Å². The first-order chi connectivity index (χ1) is 9.69. The summed E-state index contributed by atoms with van der Waals surface area (Å²) < 4.78 is 6.17. The number of benzene rings is 1. The van der Waals surface area contributed by atoms with E-state index in [4.69, 9.17) is 4.74 Å². The van der Waals surface area contributed by atoms with Gasteiger partial charge in [0.05, 0.1) is 7.11 Å². The maximum Gasteiger partial charge on any atom is 0.267 e. The van der Waals surface area contributed by atoms with E-state index in [9.17, 15) is 9.59 Å². The van der Waals surface area contributed by atoms with Gasteiger partial charge in [0.1, 0.15) is 12.3 Å². The fourth-order valence-corrected chi connectivity index (χ4v) is 1.64. The number of hydrogen-bond donors (Lipinski definition) is 1. The van der Waals surface area contributed by atoms with Crippen LogP contribution in [0.1, 0.15) is 5.56 Å². The third-order valence-corrected chi connectivity index (χ3v) is 2.73. The minimum atomic E-state index is -0.299. The lowest BCUT2D eigenvalue weighted by Gasteiger charge is -2.07. The Kier molecular flexibility index (Phi) is 4.49. The van der Waals surface area contributed by atoms with Gasteiger partial charge in [-0.25, -0.2) is 4.68 Å². The molecule has 1 aromatic heterocycles. The third kappa shape index (κ3) is 3.68. The highest BCUT2D eigenvalue weighted by atomic mass is 16.5. The predicted molar refractivity (Wildman–Crippen MR) is 73.3 cm³/mol. The van der Waals surface area contributed by atoms with E-state index in [-0.39, 0.29) is 18.0 Å². The van der Waals surface area contributed by atoms with Gasteiger partial charge in [0, 0.05) is 18.8 Å². The van der Waals surface area contributed by atoms with Crippen molar-refractivity contribution >= 4 is 5.91 Å². The Labute approximate surface area is 116 Å². The van der Waals surface area contributed by atoms with Gasteiger partial charge < -0.3 is 10.1 Å². The molecular formula is C14H15N3O3. The van der Waals surface area contributed by atoms with Gasteiger partial charge in [-0.1, -0.05) is 12.1 Å². The summed E-state index contributed by atoms with van der Waals surface area (Å²) in [6.07, 6.45) is 1.47. The highest BCUT2D eigenvalue weighted by Gasteiger charge is 2.04. The molecule has 0 aliphatic rings. The van der Waals surface area contributed by atoms with Crippen molar-refractivity contribution < 1.29 is 9.53 Å². The molecule has 2 aromatic rings. The molecule has 0 atom stereocenters. The Morgan fingerprint density at radius 2 is 2.05 bits per heavy atom. The van der Waals surface area contributed by atoms with Crippen LogP contribution in [-0.4, -0.2) is 22.8 Å². The van der Waals surface area contributed by atoms with Gasteiger partial charge >= 0.3 is 0 Å². The van der Waals surface area contributed by atoms with Crippen molar-refractivity contribution in [3.05, 3.63) is 58.5 Å². The number of carbonyl (C=O) groups is 1. The fraction of sp³-hybridized carbons (Fsp3) is 0.214. The summed E-state index contributed by atoms with van der Waals surface area (Å²) in [5, 5.41) is 6.56. The van der Waals surface area contributed by atoms with E-state index in [2.05, 4.69) is 10.4 Å². The van der Waals surface area contributed by atoms with E-state index in [1.165, 1.54) is 18.3 Å². The summed E-state index contributed by atoms with van der Waals surface area (Å²) in [5.74, 6) is 0.502. The van der Waals surface area contributed by atoms with Gasteiger partial charge in [-0.05, 0) is 23.8 Å². The molecule has 0 aliphatic carbocycles. The number of aromatic nitrogens is 2. The molecule has 1 amide bonds. The number of carbonyl (C=O) groups excluding carboxylic acids is 1. The Hall–Kier alpha value is -2.63. The number of ether oxygens (including phenoxy) is 1. The van der Waals surface area contributed by atoms with Crippen LogP contribution in [0.25, 0.3) is 0 Å². The van der Waals surface area contributed by atoms with Gasteiger partial charge in [-0.2, -0.15) is 5.10 Å². The second kappa shape index (κ2) is 6.51. The van der Waals surface area contributed by atoms with Crippen LogP contribution in [0.15, 0.2) is 47.4 Å². The molecule has 0 aliphatic heterocycles. The van der Waals surface area contributed by atoms with Crippen LogP contribution in [0.2, 0.25) is 0 Å². The van der Waals surface area contributed by atoms with Gasteiger partial charge in [0.25, 0.3) is 5.56 Å². The summed E-state index contributed by atoms with van der Waals surface area (Å²) in [6, 6.07) is 10.3. The first-order valence-corrected chi connectivity index (χ1v) is 6.11. The summed E-state index contributed by atoms with van der Waals surface area (Å²) in [7, 11) is 1.60. The molecule has 1 aromatic carbocycles. The molecular weight excluding hydrogens is 258 g/mol. The third-order valence-electron chi connectivity index (χ3n) is 2.73. The molecule has 0 bridgehead atoms. The normalized spacial score (nSPS) is 10.1. The number of amides is 1. The topological polar surface area (TPSA) is 73.2 Å². The minimum Gasteiger partial charge on any atom is -0.497 e. The molecule has 6 heteroatoms. The van der Waals surface area contributed by atoms with E-state index in [0.29, 0.717) is 6.54 Å². The van der Waals surface area contributed by atoms with Crippen LogP contribution in [0, 0.1) is 0 Å². The largest absolute Gasteiger partial charge is 0.497 e. The second-order valence-corrected chi connectivity index (χ2v) is 4.14. The molecule has 1 heterocycles. The van der Waals surface area contributed by atoms with Crippen molar-refractivity contribution in [1.82, 2.24) is 15.1 Å². The second-order valence-electron chi connectivity index (χ2n) is 4.14. The Morgan fingerprint density at radius 1 is 1.30 bits per heavy atom. The number of nitrogens with zero attached hydrogens (tertiary/aromatic N) is 2. The molecule has 104 valence electrons. The summed E-state index contributed by atoms with van der Waals surface area (Å²) in [5.41, 5.74) is 0.652. The van der Waals surface area contributed by atoms with Crippen molar-refractivity contribution in [3.8, 4) is 5.75 Å². The quantitative estimate of drug-likeness (QED) is 0.864. The molecule has 6 nitrogen and oxygen atoms in total. The number of methoxy groups -OCH3 is 1. The minimum absolute atomic E-state index is 0.0875.